The lowest BCUT2D eigenvalue weighted by Gasteiger charge is -2.35. The van der Waals surface area contributed by atoms with Crippen molar-refractivity contribution in [2.24, 2.45) is 0 Å². The highest BCUT2D eigenvalue weighted by molar-refractivity contribution is 5.90. The molecule has 7 heteroatoms. The van der Waals surface area contributed by atoms with Crippen LogP contribution in [0.2, 0.25) is 0 Å². The van der Waals surface area contributed by atoms with E-state index >= 15 is 0 Å². The Hall–Kier alpha value is -3.48. The molecule has 32 heavy (non-hydrogen) atoms. The van der Waals surface area contributed by atoms with Crippen molar-refractivity contribution < 1.29 is 28.5 Å². The van der Waals surface area contributed by atoms with Crippen LogP contribution in [-0.4, -0.2) is 50.3 Å². The van der Waals surface area contributed by atoms with Gasteiger partial charge in [0.2, 0.25) is 0 Å². The Balaban J connectivity index is 2.06. The average Bonchev–Trinajstić information content (AvgIpc) is 2.78. The summed E-state index contributed by atoms with van der Waals surface area (Å²) in [5.41, 5.74) is 1.18. The molecule has 172 valence electrons. The van der Waals surface area contributed by atoms with Gasteiger partial charge in [-0.3, -0.25) is 4.79 Å². The Labute approximate surface area is 189 Å². The summed E-state index contributed by atoms with van der Waals surface area (Å²) in [4.78, 5) is 26.7. The van der Waals surface area contributed by atoms with Gasteiger partial charge in [0.05, 0.1) is 21.3 Å². The Bertz CT molecular complexity index is 947. The molecule has 0 N–H and O–H groups in total. The van der Waals surface area contributed by atoms with Gasteiger partial charge < -0.3 is 23.8 Å². The first-order valence-corrected chi connectivity index (χ1v) is 10.2. The summed E-state index contributed by atoms with van der Waals surface area (Å²) in [6.07, 6.45) is 2.79. The summed E-state index contributed by atoms with van der Waals surface area (Å²) < 4.78 is 21.1. The molecule has 0 aromatic heterocycles. The minimum absolute atomic E-state index is 0.271. The van der Waals surface area contributed by atoms with Gasteiger partial charge in [-0.1, -0.05) is 30.3 Å². The fraction of sp³-hybridized carbons (Fsp3) is 0.360. The van der Waals surface area contributed by atoms with Crippen LogP contribution < -0.4 is 14.2 Å². The predicted octanol–water partition coefficient (Wildman–Crippen LogP) is 4.10. The van der Waals surface area contributed by atoms with Gasteiger partial charge in [0.15, 0.2) is 18.1 Å². The van der Waals surface area contributed by atoms with Gasteiger partial charge in [-0.05, 0) is 38.5 Å². The quantitative estimate of drug-likeness (QED) is 0.431. The van der Waals surface area contributed by atoms with E-state index in [1.165, 1.54) is 27.4 Å². The number of methoxy groups -OCH3 is 3. The molecule has 0 aliphatic heterocycles. The SMILES string of the molecule is COc1cc(OC)c(OC)cc1/C=C/C(=O)OCC(=O)N(Cc1ccccc1)C(C)(C)C. The van der Waals surface area contributed by atoms with Crippen LogP contribution in [0.15, 0.2) is 48.5 Å². The lowest BCUT2D eigenvalue weighted by Crippen LogP contribution is -2.46. The van der Waals surface area contributed by atoms with E-state index in [1.807, 2.05) is 51.1 Å². The van der Waals surface area contributed by atoms with Gasteiger partial charge in [0, 0.05) is 29.8 Å². The molecule has 2 rings (SSSR count). The highest BCUT2D eigenvalue weighted by atomic mass is 16.5. The molecular weight excluding hydrogens is 410 g/mol. The Morgan fingerprint density at radius 1 is 0.906 bits per heavy atom. The van der Waals surface area contributed by atoms with Crippen molar-refractivity contribution in [3.05, 3.63) is 59.7 Å². The second-order valence-electron chi connectivity index (χ2n) is 8.03. The molecule has 0 fully saturated rings. The maximum absolute atomic E-state index is 12.8. The van der Waals surface area contributed by atoms with Gasteiger partial charge >= 0.3 is 5.97 Å². The number of amides is 1. The van der Waals surface area contributed by atoms with E-state index < -0.39 is 11.5 Å². The predicted molar refractivity (Wildman–Crippen MR) is 123 cm³/mol. The summed E-state index contributed by atoms with van der Waals surface area (Å²) in [6, 6.07) is 13.0. The van der Waals surface area contributed by atoms with Gasteiger partial charge in [0.1, 0.15) is 5.75 Å². The first kappa shape index (κ1) is 24.8. The van der Waals surface area contributed by atoms with Crippen LogP contribution >= 0.6 is 0 Å². The number of carbonyl (C=O) groups is 2. The molecule has 0 aliphatic carbocycles. The monoisotopic (exact) mass is 441 g/mol. The first-order chi connectivity index (χ1) is 15.2. The topological polar surface area (TPSA) is 74.3 Å². The van der Waals surface area contributed by atoms with Crippen LogP contribution in [0.25, 0.3) is 6.08 Å². The summed E-state index contributed by atoms with van der Waals surface area (Å²) in [6.45, 7) is 5.91. The minimum Gasteiger partial charge on any atom is -0.496 e. The van der Waals surface area contributed by atoms with Crippen LogP contribution in [-0.2, 0) is 20.9 Å². The number of ether oxygens (including phenoxy) is 4. The van der Waals surface area contributed by atoms with E-state index in [4.69, 9.17) is 18.9 Å². The van der Waals surface area contributed by atoms with Gasteiger partial charge in [-0.25, -0.2) is 4.79 Å². The molecular formula is C25H31NO6. The second-order valence-corrected chi connectivity index (χ2v) is 8.03. The normalized spacial score (nSPS) is 11.2. The van der Waals surface area contributed by atoms with E-state index in [9.17, 15) is 9.59 Å². The van der Waals surface area contributed by atoms with E-state index in [0.717, 1.165) is 5.56 Å². The van der Waals surface area contributed by atoms with Crippen molar-refractivity contribution in [2.45, 2.75) is 32.9 Å². The third kappa shape index (κ3) is 6.77. The molecule has 0 aliphatic rings. The third-order valence-electron chi connectivity index (χ3n) is 4.77. The van der Waals surface area contributed by atoms with E-state index in [2.05, 4.69) is 0 Å². The van der Waals surface area contributed by atoms with Crippen LogP contribution in [0.5, 0.6) is 17.2 Å². The Morgan fingerprint density at radius 3 is 2.06 bits per heavy atom. The summed E-state index contributed by atoms with van der Waals surface area (Å²) >= 11 is 0. The number of benzene rings is 2. The maximum atomic E-state index is 12.8. The van der Waals surface area contributed by atoms with Crippen molar-refractivity contribution in [2.75, 3.05) is 27.9 Å². The van der Waals surface area contributed by atoms with Crippen LogP contribution in [0.3, 0.4) is 0 Å². The van der Waals surface area contributed by atoms with Crippen LogP contribution in [0.4, 0.5) is 0 Å². The van der Waals surface area contributed by atoms with Gasteiger partial charge in [-0.2, -0.15) is 0 Å². The van der Waals surface area contributed by atoms with E-state index in [1.54, 1.807) is 23.1 Å². The maximum Gasteiger partial charge on any atom is 0.331 e. The standard InChI is InChI=1S/C25H31NO6/c1-25(2,3)26(16-18-10-8-7-9-11-18)23(27)17-32-24(28)13-12-19-14-21(30-5)22(31-6)15-20(19)29-4/h7-15H,16-17H2,1-6H3/b13-12+. The van der Waals surface area contributed by atoms with E-state index in [0.29, 0.717) is 29.4 Å². The Kier molecular flexibility index (Phi) is 8.70. The molecule has 0 saturated heterocycles. The number of hydrogen-bond acceptors (Lipinski definition) is 6. The van der Waals surface area contributed by atoms with E-state index in [-0.39, 0.29) is 12.5 Å². The lowest BCUT2D eigenvalue weighted by atomic mass is 10.0. The van der Waals surface area contributed by atoms with Crippen molar-refractivity contribution in [1.29, 1.82) is 0 Å². The molecule has 0 unspecified atom stereocenters. The van der Waals surface area contributed by atoms with Gasteiger partial charge in [0.25, 0.3) is 5.91 Å². The fourth-order valence-corrected chi connectivity index (χ4v) is 3.07. The largest absolute Gasteiger partial charge is 0.496 e. The molecule has 0 atom stereocenters. The van der Waals surface area contributed by atoms with Crippen molar-refractivity contribution in [3.63, 3.8) is 0 Å². The average molecular weight is 442 g/mol. The first-order valence-electron chi connectivity index (χ1n) is 10.2. The fourth-order valence-electron chi connectivity index (χ4n) is 3.07. The molecule has 0 spiro atoms. The smallest absolute Gasteiger partial charge is 0.331 e. The molecule has 0 saturated carbocycles. The molecule has 2 aromatic carbocycles. The zero-order valence-electron chi connectivity index (χ0n) is 19.5. The van der Waals surface area contributed by atoms with Crippen LogP contribution in [0, 0.1) is 0 Å². The second kappa shape index (κ2) is 11.2. The summed E-state index contributed by atoms with van der Waals surface area (Å²) in [5, 5.41) is 0. The molecule has 7 nitrogen and oxygen atoms in total. The number of nitrogens with zero attached hydrogens (tertiary/aromatic N) is 1. The van der Waals surface area contributed by atoms with Crippen molar-refractivity contribution >= 4 is 18.0 Å². The molecule has 0 heterocycles. The number of rotatable bonds is 9. The molecule has 1 amide bonds. The highest BCUT2D eigenvalue weighted by Crippen LogP contribution is 2.35. The number of hydrogen-bond donors (Lipinski definition) is 0. The summed E-state index contributed by atoms with van der Waals surface area (Å²) in [5.74, 6) is 0.605. The zero-order chi connectivity index (χ0) is 23.7. The molecule has 0 radical (unpaired) electrons. The number of carbonyl (C=O) groups excluding carboxylic acids is 2. The van der Waals surface area contributed by atoms with Crippen molar-refractivity contribution in [1.82, 2.24) is 4.90 Å². The zero-order valence-corrected chi connectivity index (χ0v) is 19.5. The Morgan fingerprint density at radius 2 is 1.50 bits per heavy atom. The highest BCUT2D eigenvalue weighted by Gasteiger charge is 2.27. The molecule has 0 bridgehead atoms. The molecule has 2 aromatic rings. The van der Waals surface area contributed by atoms with Crippen molar-refractivity contribution in [3.8, 4) is 17.2 Å². The van der Waals surface area contributed by atoms with Gasteiger partial charge in [-0.15, -0.1) is 0 Å². The van der Waals surface area contributed by atoms with Crippen LogP contribution in [0.1, 0.15) is 31.9 Å². The number of esters is 1. The summed E-state index contributed by atoms with van der Waals surface area (Å²) in [7, 11) is 4.57. The minimum atomic E-state index is -0.635. The third-order valence-corrected chi connectivity index (χ3v) is 4.77. The lowest BCUT2D eigenvalue weighted by molar-refractivity contribution is -0.151.